The summed E-state index contributed by atoms with van der Waals surface area (Å²) in [6.07, 6.45) is 0.0980. The van der Waals surface area contributed by atoms with Crippen LogP contribution in [0.2, 0.25) is 0 Å². The van der Waals surface area contributed by atoms with E-state index in [0.29, 0.717) is 13.2 Å². The number of carbonyl (C=O) groups excluding carboxylic acids is 1. The standard InChI is InChI=1S/C21H24FNO3/c1-21(2,3)26-20(24)23-13-19-18-6-4-5-16(17(18)11-12-25-19)14-7-9-15(22)10-8-14/h4-10,19H,11-13H2,1-3H3,(H,23,24). The van der Waals surface area contributed by atoms with Gasteiger partial charge in [-0.3, -0.25) is 0 Å². The van der Waals surface area contributed by atoms with E-state index >= 15 is 0 Å². The monoisotopic (exact) mass is 357 g/mol. The highest BCUT2D eigenvalue weighted by molar-refractivity contribution is 5.70. The Morgan fingerprint density at radius 3 is 2.65 bits per heavy atom. The lowest BCUT2D eigenvalue weighted by atomic mass is 9.89. The van der Waals surface area contributed by atoms with E-state index in [1.165, 1.54) is 17.7 Å². The second-order valence-corrected chi connectivity index (χ2v) is 7.37. The molecule has 0 aromatic heterocycles. The normalized spacial score (nSPS) is 16.7. The van der Waals surface area contributed by atoms with Crippen LogP contribution in [0.15, 0.2) is 42.5 Å². The van der Waals surface area contributed by atoms with Crippen molar-refractivity contribution in [2.45, 2.75) is 38.9 Å². The minimum atomic E-state index is -0.537. The molecule has 5 heteroatoms. The van der Waals surface area contributed by atoms with Gasteiger partial charge in [0, 0.05) is 0 Å². The number of rotatable bonds is 3. The lowest BCUT2D eigenvalue weighted by Crippen LogP contribution is -2.36. The maximum Gasteiger partial charge on any atom is 0.407 e. The van der Waals surface area contributed by atoms with Gasteiger partial charge in [0.25, 0.3) is 0 Å². The van der Waals surface area contributed by atoms with Crippen molar-refractivity contribution in [3.05, 3.63) is 59.4 Å². The molecule has 1 atom stereocenters. The Balaban J connectivity index is 1.79. The minimum absolute atomic E-state index is 0.230. The van der Waals surface area contributed by atoms with Crippen LogP contribution in [0.25, 0.3) is 11.1 Å². The molecule has 0 spiro atoms. The van der Waals surface area contributed by atoms with E-state index in [4.69, 9.17) is 9.47 Å². The van der Waals surface area contributed by atoms with Gasteiger partial charge in [0.1, 0.15) is 17.5 Å². The molecule has 3 rings (SSSR count). The zero-order valence-electron chi connectivity index (χ0n) is 15.3. The molecule has 0 saturated carbocycles. The Morgan fingerprint density at radius 2 is 1.96 bits per heavy atom. The number of ether oxygens (including phenoxy) is 2. The smallest absolute Gasteiger partial charge is 0.407 e. The van der Waals surface area contributed by atoms with Gasteiger partial charge in [0.05, 0.1) is 13.2 Å². The van der Waals surface area contributed by atoms with Crippen LogP contribution >= 0.6 is 0 Å². The highest BCUT2D eigenvalue weighted by Crippen LogP contribution is 2.34. The summed E-state index contributed by atoms with van der Waals surface area (Å²) in [7, 11) is 0. The molecule has 0 bridgehead atoms. The SMILES string of the molecule is CC(C)(C)OC(=O)NCC1OCCc2c(-c3ccc(F)cc3)cccc21. The summed E-state index contributed by atoms with van der Waals surface area (Å²) in [5.74, 6) is -0.249. The number of carbonyl (C=O) groups is 1. The molecule has 2 aromatic carbocycles. The van der Waals surface area contributed by atoms with Gasteiger partial charge in [0.15, 0.2) is 0 Å². The van der Waals surface area contributed by atoms with E-state index in [1.54, 1.807) is 12.1 Å². The lowest BCUT2D eigenvalue weighted by molar-refractivity contribution is 0.0290. The average molecular weight is 357 g/mol. The molecule has 4 nitrogen and oxygen atoms in total. The van der Waals surface area contributed by atoms with Crippen LogP contribution in [-0.4, -0.2) is 24.8 Å². The third kappa shape index (κ3) is 4.41. The molecule has 1 heterocycles. The molecule has 2 aromatic rings. The van der Waals surface area contributed by atoms with Crippen LogP contribution in [0.4, 0.5) is 9.18 Å². The number of fused-ring (bicyclic) bond motifs is 1. The summed E-state index contributed by atoms with van der Waals surface area (Å²) in [6, 6.07) is 12.5. The van der Waals surface area contributed by atoms with Crippen LogP contribution in [0.1, 0.15) is 38.0 Å². The highest BCUT2D eigenvalue weighted by Gasteiger charge is 2.25. The number of hydrogen-bond donors (Lipinski definition) is 1. The zero-order valence-corrected chi connectivity index (χ0v) is 15.3. The predicted molar refractivity (Wildman–Crippen MR) is 98.5 cm³/mol. The maximum absolute atomic E-state index is 13.2. The largest absolute Gasteiger partial charge is 0.444 e. The second kappa shape index (κ2) is 7.46. The van der Waals surface area contributed by atoms with E-state index in [9.17, 15) is 9.18 Å². The van der Waals surface area contributed by atoms with Gasteiger partial charge in [-0.1, -0.05) is 30.3 Å². The quantitative estimate of drug-likeness (QED) is 0.871. The molecule has 1 aliphatic heterocycles. The van der Waals surface area contributed by atoms with E-state index < -0.39 is 11.7 Å². The fourth-order valence-corrected chi connectivity index (χ4v) is 3.14. The van der Waals surface area contributed by atoms with Crippen LogP contribution in [0, 0.1) is 5.82 Å². The van der Waals surface area contributed by atoms with Crippen molar-refractivity contribution in [1.82, 2.24) is 5.32 Å². The maximum atomic E-state index is 13.2. The van der Waals surface area contributed by atoms with Gasteiger partial charge in [-0.25, -0.2) is 9.18 Å². The first-order chi connectivity index (χ1) is 12.3. The molecular formula is C21H24FNO3. The first-order valence-electron chi connectivity index (χ1n) is 8.80. The topological polar surface area (TPSA) is 47.6 Å². The number of benzene rings is 2. The molecule has 138 valence electrons. The number of alkyl carbamates (subject to hydrolysis) is 1. The Labute approximate surface area is 153 Å². The van der Waals surface area contributed by atoms with Crippen LogP contribution < -0.4 is 5.32 Å². The van der Waals surface area contributed by atoms with Gasteiger partial charge >= 0.3 is 6.09 Å². The van der Waals surface area contributed by atoms with Crippen LogP contribution in [0.5, 0.6) is 0 Å². The third-order valence-corrected chi connectivity index (χ3v) is 4.22. The number of hydrogen-bond acceptors (Lipinski definition) is 3. The molecule has 0 aliphatic carbocycles. The van der Waals surface area contributed by atoms with Gasteiger partial charge in [0.2, 0.25) is 0 Å². The summed E-state index contributed by atoms with van der Waals surface area (Å²) < 4.78 is 24.4. The summed E-state index contributed by atoms with van der Waals surface area (Å²) in [4.78, 5) is 11.9. The molecule has 1 unspecified atom stereocenters. The van der Waals surface area contributed by atoms with Gasteiger partial charge < -0.3 is 14.8 Å². The molecule has 0 fully saturated rings. The summed E-state index contributed by atoms with van der Waals surface area (Å²) in [6.45, 7) is 6.40. The molecular weight excluding hydrogens is 333 g/mol. The Morgan fingerprint density at radius 1 is 1.23 bits per heavy atom. The van der Waals surface area contributed by atoms with Crippen molar-refractivity contribution in [2.24, 2.45) is 0 Å². The first kappa shape index (κ1) is 18.4. The Bertz CT molecular complexity index is 781. The molecule has 1 N–H and O–H groups in total. The van der Waals surface area contributed by atoms with Crippen molar-refractivity contribution < 1.29 is 18.7 Å². The fraction of sp³-hybridized carbons (Fsp3) is 0.381. The molecule has 1 aliphatic rings. The second-order valence-electron chi connectivity index (χ2n) is 7.37. The first-order valence-corrected chi connectivity index (χ1v) is 8.80. The summed E-state index contributed by atoms with van der Waals surface area (Å²) in [5.41, 5.74) is 3.75. The number of amides is 1. The summed E-state index contributed by atoms with van der Waals surface area (Å²) in [5, 5.41) is 2.78. The van der Waals surface area contributed by atoms with E-state index in [0.717, 1.165) is 23.1 Å². The van der Waals surface area contributed by atoms with Crippen LogP contribution in [0.3, 0.4) is 0 Å². The van der Waals surface area contributed by atoms with Crippen molar-refractivity contribution in [2.75, 3.05) is 13.2 Å². The lowest BCUT2D eigenvalue weighted by Gasteiger charge is -2.28. The van der Waals surface area contributed by atoms with Crippen molar-refractivity contribution in [1.29, 1.82) is 0 Å². The van der Waals surface area contributed by atoms with Crippen molar-refractivity contribution in [3.63, 3.8) is 0 Å². The Kier molecular flexibility index (Phi) is 5.28. The predicted octanol–water partition coefficient (Wildman–Crippen LogP) is 4.63. The molecule has 26 heavy (non-hydrogen) atoms. The molecule has 0 radical (unpaired) electrons. The number of halogens is 1. The zero-order chi connectivity index (χ0) is 18.7. The van der Waals surface area contributed by atoms with Gasteiger partial charge in [-0.05, 0) is 61.6 Å². The fourth-order valence-electron chi connectivity index (χ4n) is 3.14. The molecule has 1 amide bonds. The minimum Gasteiger partial charge on any atom is -0.444 e. The number of nitrogens with one attached hydrogen (secondary N) is 1. The van der Waals surface area contributed by atoms with Gasteiger partial charge in [-0.2, -0.15) is 0 Å². The third-order valence-electron chi connectivity index (χ3n) is 4.22. The van der Waals surface area contributed by atoms with Crippen molar-refractivity contribution in [3.8, 4) is 11.1 Å². The average Bonchev–Trinajstić information content (AvgIpc) is 2.58. The van der Waals surface area contributed by atoms with Crippen LogP contribution in [-0.2, 0) is 15.9 Å². The van der Waals surface area contributed by atoms with E-state index in [-0.39, 0.29) is 11.9 Å². The molecule has 0 saturated heterocycles. The van der Waals surface area contributed by atoms with E-state index in [1.807, 2.05) is 39.0 Å². The summed E-state index contributed by atoms with van der Waals surface area (Å²) >= 11 is 0. The van der Waals surface area contributed by atoms with Crippen molar-refractivity contribution >= 4 is 6.09 Å². The van der Waals surface area contributed by atoms with E-state index in [2.05, 4.69) is 5.32 Å². The van der Waals surface area contributed by atoms with Gasteiger partial charge in [-0.15, -0.1) is 0 Å². The highest BCUT2D eigenvalue weighted by atomic mass is 19.1. The Hall–Kier alpha value is -2.40.